The lowest BCUT2D eigenvalue weighted by Crippen LogP contribution is -2.39. The van der Waals surface area contributed by atoms with Crippen LogP contribution in [0.1, 0.15) is 0 Å². The van der Waals surface area contributed by atoms with Gasteiger partial charge in [-0.15, -0.1) is 9.81 Å². The summed E-state index contributed by atoms with van der Waals surface area (Å²) in [5.41, 5.74) is 0. The minimum absolute atomic E-state index is 0.753. The van der Waals surface area contributed by atoms with Crippen LogP contribution in [-0.2, 0) is 4.84 Å². The van der Waals surface area contributed by atoms with Gasteiger partial charge in [0.15, 0.2) is 5.34 Å². The Balaban J connectivity index is 4.50. The summed E-state index contributed by atoms with van der Waals surface area (Å²) in [6, 6.07) is -5.29. The largest absolute Gasteiger partial charge is 0.513 e. The van der Waals surface area contributed by atoms with E-state index in [1.807, 2.05) is 0 Å². The summed E-state index contributed by atoms with van der Waals surface area (Å²) in [7, 11) is 0. The van der Waals surface area contributed by atoms with E-state index in [4.69, 9.17) is 9.81 Å². The second kappa shape index (κ2) is 2.76. The van der Waals surface area contributed by atoms with Crippen LogP contribution in [0.15, 0.2) is 10.5 Å². The van der Waals surface area contributed by atoms with E-state index in [0.717, 1.165) is 10.5 Å². The van der Waals surface area contributed by atoms with Crippen molar-refractivity contribution in [1.29, 1.82) is 0 Å². The fourth-order valence-electron chi connectivity index (χ4n) is 0.155. The Labute approximate surface area is 56.2 Å². The Kier molecular flexibility index (Phi) is 2.44. The van der Waals surface area contributed by atoms with Crippen molar-refractivity contribution in [3.63, 3.8) is 0 Å². The van der Waals surface area contributed by atoms with Gasteiger partial charge in [-0.25, -0.2) is 0 Å². The van der Waals surface area contributed by atoms with E-state index >= 15 is 0 Å². The zero-order valence-corrected chi connectivity index (χ0v) is 4.63. The number of halogens is 4. The molecule has 0 aromatic heterocycles. The number of nitrogens with zero attached hydrogens (tertiary/aromatic N) is 2. The Morgan fingerprint density at radius 3 is 1.82 bits per heavy atom. The van der Waals surface area contributed by atoms with Crippen LogP contribution in [0.2, 0.25) is 0 Å². The molecule has 0 fully saturated rings. The Morgan fingerprint density at radius 2 is 1.55 bits per heavy atom. The number of nitroso groups, excluding NO2 is 1. The Hall–Kier alpha value is -1.28. The van der Waals surface area contributed by atoms with Crippen LogP contribution in [0.25, 0.3) is 0 Å². The van der Waals surface area contributed by atoms with Gasteiger partial charge in [0.2, 0.25) is 0 Å². The first-order chi connectivity index (χ1) is 4.87. The van der Waals surface area contributed by atoms with Gasteiger partial charge in [0.25, 0.3) is 0 Å². The molecule has 0 aliphatic rings. The molecule has 64 valence electrons. The molecule has 0 rings (SSSR count). The molecule has 0 aliphatic heterocycles. The van der Waals surface area contributed by atoms with Gasteiger partial charge in [0.05, 0.1) is 0 Å². The maximum absolute atomic E-state index is 11.6. The highest BCUT2D eigenvalue weighted by Gasteiger charge is 2.63. The van der Waals surface area contributed by atoms with Crippen LogP contribution in [0.5, 0.6) is 0 Å². The standard InChI is InChI=1S/C2F4N2O3/c3-1(4,7-9)2(5,6)11-8-10. The predicted molar refractivity (Wildman–Crippen MR) is 22.6 cm³/mol. The van der Waals surface area contributed by atoms with E-state index in [1.165, 1.54) is 0 Å². The average molecular weight is 176 g/mol. The monoisotopic (exact) mass is 176 g/mol. The van der Waals surface area contributed by atoms with Crippen molar-refractivity contribution in [1.82, 2.24) is 0 Å². The van der Waals surface area contributed by atoms with E-state index in [9.17, 15) is 17.6 Å². The molecule has 0 aliphatic carbocycles. The molecule has 0 spiro atoms. The molecule has 0 amide bonds. The molecule has 0 saturated carbocycles. The van der Waals surface area contributed by atoms with Crippen LogP contribution in [0, 0.1) is 9.81 Å². The lowest BCUT2D eigenvalue weighted by Gasteiger charge is -2.14. The number of hydrogen-bond donors (Lipinski definition) is 0. The quantitative estimate of drug-likeness (QED) is 0.283. The van der Waals surface area contributed by atoms with E-state index < -0.39 is 12.2 Å². The summed E-state index contributed by atoms with van der Waals surface area (Å²) in [5, 5.41) is 1.80. The third-order valence-corrected chi connectivity index (χ3v) is 0.617. The van der Waals surface area contributed by atoms with E-state index in [1.54, 1.807) is 0 Å². The van der Waals surface area contributed by atoms with Gasteiger partial charge in [0.1, 0.15) is 0 Å². The maximum Gasteiger partial charge on any atom is 0.513 e. The van der Waals surface area contributed by atoms with Crippen LogP contribution in [0.4, 0.5) is 17.6 Å². The first kappa shape index (κ1) is 9.72. The highest BCUT2D eigenvalue weighted by atomic mass is 19.3. The summed E-state index contributed by atoms with van der Waals surface area (Å²) >= 11 is 0. The molecule has 0 N–H and O–H groups in total. The second-order valence-corrected chi connectivity index (χ2v) is 1.32. The number of alkyl halides is 4. The third-order valence-electron chi connectivity index (χ3n) is 0.617. The molecule has 0 heterocycles. The molecule has 0 bridgehead atoms. The van der Waals surface area contributed by atoms with Crippen molar-refractivity contribution in [2.24, 2.45) is 10.5 Å². The van der Waals surface area contributed by atoms with Crippen LogP contribution < -0.4 is 0 Å². The zero-order chi connectivity index (χ0) is 9.12. The van der Waals surface area contributed by atoms with Gasteiger partial charge in [-0.1, -0.05) is 0 Å². The molecular weight excluding hydrogens is 176 g/mol. The molecule has 0 aromatic carbocycles. The van der Waals surface area contributed by atoms with E-state index in [2.05, 4.69) is 4.84 Å². The summed E-state index contributed by atoms with van der Waals surface area (Å²) < 4.78 is 46.4. The van der Waals surface area contributed by atoms with Crippen LogP contribution in [0.3, 0.4) is 0 Å². The van der Waals surface area contributed by atoms with Crippen molar-refractivity contribution in [2.75, 3.05) is 0 Å². The van der Waals surface area contributed by atoms with E-state index in [-0.39, 0.29) is 0 Å². The summed E-state index contributed by atoms with van der Waals surface area (Å²) in [4.78, 5) is 20.4. The molecule has 0 radical (unpaired) electrons. The molecule has 11 heavy (non-hydrogen) atoms. The fourth-order valence-corrected chi connectivity index (χ4v) is 0.155. The average Bonchev–Trinajstić information content (AvgIpc) is 1.87. The van der Waals surface area contributed by atoms with Crippen molar-refractivity contribution >= 4 is 0 Å². The lowest BCUT2D eigenvalue weighted by atomic mass is 10.5. The minimum Gasteiger partial charge on any atom is -0.281 e. The van der Waals surface area contributed by atoms with Gasteiger partial charge in [-0.3, -0.25) is 4.84 Å². The van der Waals surface area contributed by atoms with Crippen molar-refractivity contribution in [2.45, 2.75) is 12.2 Å². The van der Waals surface area contributed by atoms with Crippen LogP contribution in [-0.4, -0.2) is 12.2 Å². The SMILES string of the molecule is O=NOC(F)(F)C(F)(F)N=O. The molecule has 5 nitrogen and oxygen atoms in total. The summed E-state index contributed by atoms with van der Waals surface area (Å²) in [6.45, 7) is 0. The topological polar surface area (TPSA) is 68.1 Å². The van der Waals surface area contributed by atoms with E-state index in [0.29, 0.717) is 0 Å². The van der Waals surface area contributed by atoms with Gasteiger partial charge < -0.3 is 0 Å². The highest BCUT2D eigenvalue weighted by Crippen LogP contribution is 2.36. The lowest BCUT2D eigenvalue weighted by molar-refractivity contribution is -0.346. The molecule has 0 aromatic rings. The smallest absolute Gasteiger partial charge is 0.281 e. The molecule has 9 heteroatoms. The highest BCUT2D eigenvalue weighted by molar-refractivity contribution is 4.72. The molecule has 0 unspecified atom stereocenters. The summed E-state index contributed by atoms with van der Waals surface area (Å²) in [5.74, 6) is 0. The summed E-state index contributed by atoms with van der Waals surface area (Å²) in [6.07, 6.45) is -5.30. The van der Waals surface area contributed by atoms with Crippen LogP contribution >= 0.6 is 0 Å². The fraction of sp³-hybridized carbons (Fsp3) is 1.00. The Bertz CT molecular complexity index is 171. The normalized spacial score (nSPS) is 12.4. The molecule has 0 atom stereocenters. The van der Waals surface area contributed by atoms with Crippen molar-refractivity contribution < 1.29 is 22.4 Å². The predicted octanol–water partition coefficient (Wildman–Crippen LogP) is 1.64. The minimum atomic E-state index is -5.30. The van der Waals surface area contributed by atoms with Gasteiger partial charge in [0, 0.05) is 5.18 Å². The third kappa shape index (κ3) is 1.82. The first-order valence-electron chi connectivity index (χ1n) is 1.98. The van der Waals surface area contributed by atoms with Crippen molar-refractivity contribution in [3.05, 3.63) is 9.81 Å². The van der Waals surface area contributed by atoms with Gasteiger partial charge >= 0.3 is 12.2 Å². The maximum atomic E-state index is 11.6. The zero-order valence-electron chi connectivity index (χ0n) is 4.63. The molecule has 0 saturated heterocycles. The van der Waals surface area contributed by atoms with Gasteiger partial charge in [-0.2, -0.15) is 17.6 Å². The second-order valence-electron chi connectivity index (χ2n) is 1.32. The molecular formula is C2F4N2O3. The van der Waals surface area contributed by atoms with Crippen molar-refractivity contribution in [3.8, 4) is 0 Å². The number of hydrogen-bond acceptors (Lipinski definition) is 5. The number of rotatable bonds is 4. The van der Waals surface area contributed by atoms with Gasteiger partial charge in [-0.05, 0) is 0 Å². The Morgan fingerprint density at radius 1 is 1.09 bits per heavy atom. The first-order valence-corrected chi connectivity index (χ1v) is 1.98.